The van der Waals surface area contributed by atoms with Gasteiger partial charge in [-0.2, -0.15) is 0 Å². The fourth-order valence-corrected chi connectivity index (χ4v) is 6.13. The van der Waals surface area contributed by atoms with Crippen LogP contribution in [0.2, 0.25) is 0 Å². The maximum atomic E-state index is 13.2. The van der Waals surface area contributed by atoms with Crippen LogP contribution in [-0.4, -0.2) is 23.1 Å². The lowest BCUT2D eigenvalue weighted by Gasteiger charge is -2.31. The van der Waals surface area contributed by atoms with Crippen LogP contribution in [0.4, 0.5) is 0 Å². The van der Waals surface area contributed by atoms with E-state index >= 15 is 0 Å². The van der Waals surface area contributed by atoms with Crippen LogP contribution in [-0.2, 0) is 19.2 Å². The van der Waals surface area contributed by atoms with Crippen LogP contribution >= 0.6 is 0 Å². The minimum Gasteiger partial charge on any atom is -0.300 e. The molecule has 0 aromatic heterocycles. The average Bonchev–Trinajstić information content (AvgIpc) is 2.75. The molecule has 0 radical (unpaired) electrons. The van der Waals surface area contributed by atoms with Gasteiger partial charge in [0.05, 0.1) is 6.42 Å². The molecule has 0 aromatic rings. The first-order chi connectivity index (χ1) is 16.9. The lowest BCUT2D eigenvalue weighted by atomic mass is 9.73. The molecule has 4 heteroatoms. The monoisotopic (exact) mass is 500 g/mol. The van der Waals surface area contributed by atoms with E-state index in [0.717, 1.165) is 63.4 Å². The van der Waals surface area contributed by atoms with E-state index in [9.17, 15) is 19.2 Å². The first kappa shape index (κ1) is 32.2. The number of carbonyl (C=O) groups excluding carboxylic acids is 4. The summed E-state index contributed by atoms with van der Waals surface area (Å²) in [6.07, 6.45) is 14.6. The Morgan fingerprint density at radius 1 is 1.08 bits per heavy atom. The molecule has 3 atom stereocenters. The van der Waals surface area contributed by atoms with Crippen molar-refractivity contribution in [3.63, 3.8) is 0 Å². The summed E-state index contributed by atoms with van der Waals surface area (Å²) in [4.78, 5) is 48.9. The van der Waals surface area contributed by atoms with Crippen molar-refractivity contribution in [2.45, 2.75) is 132 Å². The highest BCUT2D eigenvalue weighted by Gasteiger charge is 2.30. The Kier molecular flexibility index (Phi) is 14.4. The summed E-state index contributed by atoms with van der Waals surface area (Å²) in [5.74, 6) is 0.958. The summed E-state index contributed by atoms with van der Waals surface area (Å²) in [6.45, 7) is 13.9. The molecule has 1 aliphatic rings. The molecule has 0 aliphatic heterocycles. The van der Waals surface area contributed by atoms with Gasteiger partial charge >= 0.3 is 0 Å². The topological polar surface area (TPSA) is 68.3 Å². The molecule has 4 nitrogen and oxygen atoms in total. The number of unbranched alkanes of at least 4 members (excludes halogenated alkanes) is 1. The highest BCUT2D eigenvalue weighted by Crippen LogP contribution is 2.38. The van der Waals surface area contributed by atoms with Crippen molar-refractivity contribution in [3.05, 3.63) is 23.3 Å². The van der Waals surface area contributed by atoms with Gasteiger partial charge in [0, 0.05) is 25.2 Å². The molecule has 0 amide bonds. The van der Waals surface area contributed by atoms with Gasteiger partial charge in [0.2, 0.25) is 0 Å². The Morgan fingerprint density at radius 3 is 2.36 bits per heavy atom. The maximum absolute atomic E-state index is 13.2. The Labute approximate surface area is 220 Å². The highest BCUT2D eigenvalue weighted by atomic mass is 16.1. The molecule has 0 aromatic carbocycles. The minimum absolute atomic E-state index is 0.0301. The fraction of sp³-hybridized carbons (Fsp3) is 0.750. The molecule has 36 heavy (non-hydrogen) atoms. The molecule has 1 aliphatic carbocycles. The third kappa shape index (κ3) is 11.5. The van der Waals surface area contributed by atoms with Gasteiger partial charge in [-0.25, -0.2) is 0 Å². The second-order valence-electron chi connectivity index (χ2n) is 11.9. The van der Waals surface area contributed by atoms with E-state index in [1.807, 2.05) is 6.92 Å². The van der Waals surface area contributed by atoms with Crippen LogP contribution in [0.5, 0.6) is 0 Å². The van der Waals surface area contributed by atoms with E-state index in [-0.39, 0.29) is 52.7 Å². The predicted octanol–water partition coefficient (Wildman–Crippen LogP) is 8.17. The third-order valence-electron chi connectivity index (χ3n) is 7.92. The Bertz CT molecular complexity index is 814. The van der Waals surface area contributed by atoms with Gasteiger partial charge < -0.3 is 4.79 Å². The first-order valence-electron chi connectivity index (χ1n) is 14.3. The predicted molar refractivity (Wildman–Crippen MR) is 149 cm³/mol. The van der Waals surface area contributed by atoms with Crippen LogP contribution in [0, 0.1) is 23.2 Å². The number of allylic oxidation sites excluding steroid dienone is 4. The molecule has 0 fully saturated rings. The van der Waals surface area contributed by atoms with Crippen molar-refractivity contribution in [3.8, 4) is 0 Å². The van der Waals surface area contributed by atoms with Gasteiger partial charge in [0.15, 0.2) is 0 Å². The van der Waals surface area contributed by atoms with E-state index in [1.165, 1.54) is 12.5 Å². The molecule has 0 N–H and O–H groups in total. The van der Waals surface area contributed by atoms with Gasteiger partial charge in [-0.05, 0) is 82.1 Å². The lowest BCUT2D eigenvalue weighted by Crippen LogP contribution is -2.27. The van der Waals surface area contributed by atoms with E-state index in [2.05, 4.69) is 39.8 Å². The zero-order valence-electron chi connectivity index (χ0n) is 24.2. The van der Waals surface area contributed by atoms with Crippen molar-refractivity contribution in [2.24, 2.45) is 23.2 Å². The van der Waals surface area contributed by atoms with Crippen LogP contribution in [0.25, 0.3) is 0 Å². The summed E-state index contributed by atoms with van der Waals surface area (Å²) in [7, 11) is 0. The van der Waals surface area contributed by atoms with E-state index in [4.69, 9.17) is 0 Å². The van der Waals surface area contributed by atoms with Crippen LogP contribution in [0.1, 0.15) is 132 Å². The van der Waals surface area contributed by atoms with Gasteiger partial charge in [-0.3, -0.25) is 14.4 Å². The molecule has 0 spiro atoms. The van der Waals surface area contributed by atoms with Gasteiger partial charge in [0.1, 0.15) is 23.1 Å². The maximum Gasteiger partial charge on any atom is 0.143 e. The summed E-state index contributed by atoms with van der Waals surface area (Å²) in [5, 5.41) is 0. The molecule has 1 rings (SSSR count). The Balaban J connectivity index is 2.96. The fourth-order valence-electron chi connectivity index (χ4n) is 6.13. The summed E-state index contributed by atoms with van der Waals surface area (Å²) >= 11 is 0. The third-order valence-corrected chi connectivity index (χ3v) is 7.92. The zero-order chi connectivity index (χ0) is 27.3. The van der Waals surface area contributed by atoms with E-state index in [1.54, 1.807) is 6.92 Å². The van der Waals surface area contributed by atoms with Crippen molar-refractivity contribution in [1.82, 2.24) is 0 Å². The van der Waals surface area contributed by atoms with Crippen molar-refractivity contribution in [1.29, 1.82) is 0 Å². The second-order valence-corrected chi connectivity index (χ2v) is 11.9. The zero-order valence-corrected chi connectivity index (χ0v) is 24.2. The smallest absolute Gasteiger partial charge is 0.143 e. The molecule has 3 unspecified atom stereocenters. The normalized spacial score (nSPS) is 22.1. The minimum atomic E-state index is -0.0908. The summed E-state index contributed by atoms with van der Waals surface area (Å²) in [6, 6.07) is 0. The molecule has 0 saturated carbocycles. The average molecular weight is 501 g/mol. The summed E-state index contributed by atoms with van der Waals surface area (Å²) in [5.41, 5.74) is 2.39. The lowest BCUT2D eigenvalue weighted by molar-refractivity contribution is -0.130. The van der Waals surface area contributed by atoms with Gasteiger partial charge in [-0.1, -0.05) is 64.7 Å². The Hall–Kier alpha value is -1.84. The van der Waals surface area contributed by atoms with Gasteiger partial charge in [0.25, 0.3) is 0 Å². The molecule has 0 bridgehead atoms. The molecular formula is C32H52O4. The van der Waals surface area contributed by atoms with Crippen molar-refractivity contribution in [2.75, 3.05) is 0 Å². The second kappa shape index (κ2) is 16.1. The van der Waals surface area contributed by atoms with Gasteiger partial charge in [-0.15, -0.1) is 0 Å². The van der Waals surface area contributed by atoms with Crippen molar-refractivity contribution < 1.29 is 19.2 Å². The number of ketones is 4. The molecular weight excluding hydrogens is 448 g/mol. The quantitative estimate of drug-likeness (QED) is 0.168. The molecule has 0 saturated heterocycles. The van der Waals surface area contributed by atoms with Crippen LogP contribution in [0.3, 0.4) is 0 Å². The number of carbonyl (C=O) groups is 4. The summed E-state index contributed by atoms with van der Waals surface area (Å²) < 4.78 is 0. The van der Waals surface area contributed by atoms with Crippen molar-refractivity contribution >= 4 is 23.1 Å². The Morgan fingerprint density at radius 2 is 1.78 bits per heavy atom. The van der Waals surface area contributed by atoms with E-state index in [0.29, 0.717) is 19.3 Å². The molecule has 204 valence electrons. The van der Waals surface area contributed by atoms with E-state index < -0.39 is 0 Å². The van der Waals surface area contributed by atoms with Crippen LogP contribution in [0.15, 0.2) is 23.3 Å². The standard InChI is InChI=1S/C32H52O4/c1-8-14-27(29(9-2)31(36)20-25(5)34)21-26-16-10-11-17-30(23(3)19-28(35)22-26)32(6,7)18-13-12-15-24(4)33/h11,17,26-27,29H,8-10,12-16,18-22H2,1-7H3/b17-11-,30-23+. The largest absolute Gasteiger partial charge is 0.300 e. The molecule has 0 heterocycles. The SMILES string of the molecule is CCCC(CC1CC/C=C\C(C(C)(C)CCCCC(C)=O)=C(\C)CC(=O)C1)C(CC)C(=O)CC(C)=O. The number of hydrogen-bond acceptors (Lipinski definition) is 4. The highest BCUT2D eigenvalue weighted by molar-refractivity contribution is 5.99. The van der Waals surface area contributed by atoms with Crippen LogP contribution < -0.4 is 0 Å². The first-order valence-corrected chi connectivity index (χ1v) is 14.3. The number of hydrogen-bond donors (Lipinski definition) is 0. The number of rotatable bonds is 15. The number of Topliss-reactive ketones (excluding diaryl/α,β-unsaturated/α-hetero) is 4.